The molecule has 1 heterocycles. The molecule has 0 saturated carbocycles. The Morgan fingerprint density at radius 3 is 1.37 bits per heavy atom. The Hall–Kier alpha value is -3.84. The zero-order valence-corrected chi connectivity index (χ0v) is 45.9. The van der Waals surface area contributed by atoms with Gasteiger partial charge in [-0.15, -0.1) is 0 Å². The number of hydrogen-bond donors (Lipinski definition) is 3. The molecular formula is C61H102O12. The van der Waals surface area contributed by atoms with Crippen LogP contribution in [0.3, 0.4) is 0 Å². The number of carboxylic acid groups (broad SMARTS) is 1. The Labute approximate surface area is 442 Å². The molecule has 12 heteroatoms. The number of ether oxygens (including phenoxy) is 5. The number of carbonyl (C=O) groups excluding carboxylic acids is 3. The molecule has 418 valence electrons. The van der Waals surface area contributed by atoms with Crippen LogP contribution in [-0.2, 0) is 42.9 Å². The maximum atomic E-state index is 13.1. The third-order valence-corrected chi connectivity index (χ3v) is 12.7. The molecule has 0 bridgehead atoms. The Morgan fingerprint density at radius 2 is 0.863 bits per heavy atom. The largest absolute Gasteiger partial charge is 0.479 e. The summed E-state index contributed by atoms with van der Waals surface area (Å²) in [5.74, 6) is -3.19. The molecular weight excluding hydrogens is 925 g/mol. The molecule has 3 N–H and O–H groups in total. The van der Waals surface area contributed by atoms with Crippen LogP contribution in [0.1, 0.15) is 239 Å². The van der Waals surface area contributed by atoms with Gasteiger partial charge in [0.2, 0.25) is 0 Å². The molecule has 0 aromatic carbocycles. The summed E-state index contributed by atoms with van der Waals surface area (Å²) >= 11 is 0. The van der Waals surface area contributed by atoms with Crippen LogP contribution < -0.4 is 0 Å². The highest BCUT2D eigenvalue weighted by atomic mass is 16.7. The van der Waals surface area contributed by atoms with Crippen molar-refractivity contribution in [2.24, 2.45) is 0 Å². The number of rotatable bonds is 48. The molecule has 6 unspecified atom stereocenters. The smallest absolute Gasteiger partial charge is 0.335 e. The van der Waals surface area contributed by atoms with Crippen molar-refractivity contribution in [2.45, 2.75) is 276 Å². The number of esters is 3. The number of unbranched alkanes of at least 4 members (excludes halogenated alkanes) is 22. The van der Waals surface area contributed by atoms with Gasteiger partial charge in [-0.05, 0) is 109 Å². The second-order valence-corrected chi connectivity index (χ2v) is 19.5. The Kier molecular flexibility index (Phi) is 45.1. The first kappa shape index (κ1) is 67.2. The topological polar surface area (TPSA) is 175 Å². The number of allylic oxidation sites excluding steroid dienone is 12. The molecule has 1 aliphatic heterocycles. The summed E-state index contributed by atoms with van der Waals surface area (Å²) in [4.78, 5) is 51.0. The maximum Gasteiger partial charge on any atom is 0.335 e. The van der Waals surface area contributed by atoms with E-state index in [1.54, 1.807) is 0 Å². The molecule has 1 aliphatic rings. The van der Waals surface area contributed by atoms with Crippen LogP contribution in [0, 0.1) is 0 Å². The fraction of sp³-hybridized carbons (Fsp3) is 0.738. The van der Waals surface area contributed by atoms with Crippen LogP contribution in [0.25, 0.3) is 0 Å². The highest BCUT2D eigenvalue weighted by Crippen LogP contribution is 2.26. The van der Waals surface area contributed by atoms with Crippen LogP contribution in [0.5, 0.6) is 0 Å². The van der Waals surface area contributed by atoms with Gasteiger partial charge in [0, 0.05) is 19.3 Å². The van der Waals surface area contributed by atoms with E-state index in [4.69, 9.17) is 23.7 Å². The molecule has 0 aromatic rings. The molecule has 0 aliphatic carbocycles. The Balaban J connectivity index is 2.74. The van der Waals surface area contributed by atoms with Crippen LogP contribution in [0.15, 0.2) is 72.9 Å². The van der Waals surface area contributed by atoms with Gasteiger partial charge in [0.1, 0.15) is 18.8 Å². The molecule has 0 radical (unpaired) electrons. The van der Waals surface area contributed by atoms with Crippen molar-refractivity contribution in [3.05, 3.63) is 72.9 Å². The number of carbonyl (C=O) groups is 4. The van der Waals surface area contributed by atoms with Crippen molar-refractivity contribution < 1.29 is 58.2 Å². The number of aliphatic hydroxyl groups is 2. The van der Waals surface area contributed by atoms with E-state index in [9.17, 15) is 34.5 Å². The van der Waals surface area contributed by atoms with Crippen molar-refractivity contribution in [1.82, 2.24) is 0 Å². The van der Waals surface area contributed by atoms with E-state index in [0.29, 0.717) is 19.3 Å². The van der Waals surface area contributed by atoms with Gasteiger partial charge in [-0.1, -0.05) is 184 Å². The first-order valence-electron chi connectivity index (χ1n) is 28.9. The van der Waals surface area contributed by atoms with Crippen molar-refractivity contribution in [1.29, 1.82) is 0 Å². The van der Waals surface area contributed by atoms with Crippen molar-refractivity contribution in [3.63, 3.8) is 0 Å². The highest BCUT2D eigenvalue weighted by molar-refractivity contribution is 5.74. The summed E-state index contributed by atoms with van der Waals surface area (Å²) in [6, 6.07) is 0. The molecule has 0 aromatic heterocycles. The van der Waals surface area contributed by atoms with Crippen LogP contribution >= 0.6 is 0 Å². The van der Waals surface area contributed by atoms with Gasteiger partial charge in [0.15, 0.2) is 24.6 Å². The quantitative estimate of drug-likeness (QED) is 0.0228. The van der Waals surface area contributed by atoms with Gasteiger partial charge < -0.3 is 39.0 Å². The van der Waals surface area contributed by atoms with Gasteiger partial charge in [-0.25, -0.2) is 4.79 Å². The fourth-order valence-electron chi connectivity index (χ4n) is 8.29. The lowest BCUT2D eigenvalue weighted by Crippen LogP contribution is -2.61. The van der Waals surface area contributed by atoms with Gasteiger partial charge in [-0.3, -0.25) is 14.4 Å². The fourth-order valence-corrected chi connectivity index (χ4v) is 8.29. The van der Waals surface area contributed by atoms with Gasteiger partial charge in [0.25, 0.3) is 0 Å². The first-order chi connectivity index (χ1) is 35.6. The second-order valence-electron chi connectivity index (χ2n) is 19.5. The molecule has 6 atom stereocenters. The summed E-state index contributed by atoms with van der Waals surface area (Å²) in [6.45, 7) is 5.81. The van der Waals surface area contributed by atoms with E-state index < -0.39 is 67.3 Å². The van der Waals surface area contributed by atoms with E-state index in [0.717, 1.165) is 122 Å². The van der Waals surface area contributed by atoms with E-state index >= 15 is 0 Å². The van der Waals surface area contributed by atoms with E-state index in [2.05, 4.69) is 93.7 Å². The van der Waals surface area contributed by atoms with Crippen molar-refractivity contribution in [2.75, 3.05) is 13.2 Å². The Bertz CT molecular complexity index is 1550. The van der Waals surface area contributed by atoms with Crippen molar-refractivity contribution in [3.8, 4) is 0 Å². The summed E-state index contributed by atoms with van der Waals surface area (Å²) in [7, 11) is 0. The van der Waals surface area contributed by atoms with Crippen LogP contribution in [-0.4, -0.2) is 89.2 Å². The zero-order valence-electron chi connectivity index (χ0n) is 45.9. The van der Waals surface area contributed by atoms with Crippen LogP contribution in [0.2, 0.25) is 0 Å². The normalized spacial score (nSPS) is 18.8. The summed E-state index contributed by atoms with van der Waals surface area (Å²) in [5.41, 5.74) is 0. The minimum absolute atomic E-state index is 0.0212. The summed E-state index contributed by atoms with van der Waals surface area (Å²) in [5, 5.41) is 31.4. The zero-order chi connectivity index (χ0) is 53.3. The average Bonchev–Trinajstić information content (AvgIpc) is 3.37. The van der Waals surface area contributed by atoms with Crippen LogP contribution in [0.4, 0.5) is 0 Å². The molecule has 12 nitrogen and oxygen atoms in total. The predicted molar refractivity (Wildman–Crippen MR) is 294 cm³/mol. The van der Waals surface area contributed by atoms with E-state index in [1.807, 2.05) is 0 Å². The van der Waals surface area contributed by atoms with Gasteiger partial charge in [-0.2, -0.15) is 0 Å². The number of carboxylic acids is 1. The lowest BCUT2D eigenvalue weighted by Gasteiger charge is -2.40. The SMILES string of the molecule is CC/C=C\C/C=C\C/C=C\CCCCCC(=O)OC1C(OCC(COC(=O)CCCCCCC/C=C\C/C=C\CCCCC)OC(=O)CCCCCCC/C=C\CCCCCCCC)OC(C(=O)O)C(O)C1O. The molecule has 1 fully saturated rings. The first-order valence-corrected chi connectivity index (χ1v) is 28.9. The standard InChI is InChI=1S/C61H102O12/c1-4-7-10-13-16-19-22-25-27-30-32-35-38-41-44-47-53(62)69-50-52(71-54(63)48-45-42-39-36-34-31-28-26-23-20-17-14-11-8-5-2)51-70-61-59(57(66)56(65)58(73-61)60(67)68)72-55(64)49-46-43-40-37-33-29-24-21-18-15-12-9-6-3/h9,12,16,18-19,21,25-29,33,52,56-59,61,65-66H,4-8,10-11,13-15,17,20,22-24,30-32,34-51H2,1-3H3,(H,67,68)/b12-9-,19-16-,21-18-,27-25-,28-26-,33-29-. The lowest BCUT2D eigenvalue weighted by molar-refractivity contribution is -0.301. The number of aliphatic hydroxyl groups excluding tert-OH is 2. The molecule has 1 rings (SSSR count). The Morgan fingerprint density at radius 1 is 0.466 bits per heavy atom. The molecule has 0 amide bonds. The number of aliphatic carboxylic acids is 1. The minimum Gasteiger partial charge on any atom is -0.479 e. The molecule has 73 heavy (non-hydrogen) atoms. The molecule has 1 saturated heterocycles. The van der Waals surface area contributed by atoms with Crippen molar-refractivity contribution >= 4 is 23.9 Å². The third-order valence-electron chi connectivity index (χ3n) is 12.7. The van der Waals surface area contributed by atoms with Gasteiger partial charge in [0.05, 0.1) is 6.61 Å². The third kappa shape index (κ3) is 39.3. The highest BCUT2D eigenvalue weighted by Gasteiger charge is 2.50. The monoisotopic (exact) mass is 1030 g/mol. The van der Waals surface area contributed by atoms with E-state index in [-0.39, 0.29) is 25.9 Å². The predicted octanol–water partition coefficient (Wildman–Crippen LogP) is 14.6. The number of hydrogen-bond acceptors (Lipinski definition) is 11. The van der Waals surface area contributed by atoms with E-state index in [1.165, 1.54) is 57.8 Å². The molecule has 0 spiro atoms. The lowest BCUT2D eigenvalue weighted by atomic mass is 9.98. The summed E-state index contributed by atoms with van der Waals surface area (Å²) < 4.78 is 28.3. The summed E-state index contributed by atoms with van der Waals surface area (Å²) in [6.07, 6.45) is 48.7. The minimum atomic E-state index is -1.92. The maximum absolute atomic E-state index is 13.1. The average molecular weight is 1030 g/mol. The van der Waals surface area contributed by atoms with Gasteiger partial charge >= 0.3 is 23.9 Å². The second kappa shape index (κ2) is 49.1.